The maximum Gasteiger partial charge on any atom is 0.265 e. The van der Waals surface area contributed by atoms with E-state index in [2.05, 4.69) is 9.82 Å². The third-order valence-electron chi connectivity index (χ3n) is 2.65. The smallest absolute Gasteiger partial charge is 0.265 e. The molecule has 1 aromatic carbocycles. The monoisotopic (exact) mass is 314 g/mol. The normalized spacial score (nSPS) is 11.8. The van der Waals surface area contributed by atoms with Gasteiger partial charge in [0.15, 0.2) is 0 Å². The van der Waals surface area contributed by atoms with E-state index >= 15 is 0 Å². The summed E-state index contributed by atoms with van der Waals surface area (Å²) in [7, 11) is -3.85. The molecule has 0 saturated heterocycles. The number of halogens is 1. The predicted molar refractivity (Wildman–Crippen MR) is 79.3 cm³/mol. The van der Waals surface area contributed by atoms with E-state index in [1.807, 2.05) is 13.8 Å². The van der Waals surface area contributed by atoms with Crippen LogP contribution in [0.1, 0.15) is 19.9 Å². The largest absolute Gasteiger partial charge is 0.398 e. The molecule has 0 radical (unpaired) electrons. The van der Waals surface area contributed by atoms with Crippen LogP contribution in [0.4, 0.5) is 11.4 Å². The predicted octanol–water partition coefficient (Wildman–Crippen LogP) is 2.50. The molecule has 2 rings (SSSR count). The minimum absolute atomic E-state index is 0.0775. The van der Waals surface area contributed by atoms with Gasteiger partial charge in [-0.3, -0.25) is 9.40 Å². The maximum atomic E-state index is 12.3. The van der Waals surface area contributed by atoms with Crippen LogP contribution in [0, 0.1) is 0 Å². The number of aromatic nitrogens is 2. The van der Waals surface area contributed by atoms with Crippen LogP contribution >= 0.6 is 11.6 Å². The highest BCUT2D eigenvalue weighted by Crippen LogP contribution is 2.28. The van der Waals surface area contributed by atoms with E-state index in [4.69, 9.17) is 17.3 Å². The molecule has 2 aromatic rings. The lowest BCUT2D eigenvalue weighted by atomic mass is 10.3. The Morgan fingerprint density at radius 1 is 1.40 bits per heavy atom. The van der Waals surface area contributed by atoms with Crippen molar-refractivity contribution in [3.8, 4) is 0 Å². The van der Waals surface area contributed by atoms with Gasteiger partial charge in [0.05, 0.1) is 22.6 Å². The first-order chi connectivity index (χ1) is 9.31. The van der Waals surface area contributed by atoms with Crippen molar-refractivity contribution >= 4 is 33.0 Å². The Labute approximate surface area is 122 Å². The average Bonchev–Trinajstić information content (AvgIpc) is 2.76. The van der Waals surface area contributed by atoms with E-state index < -0.39 is 10.0 Å². The number of anilines is 2. The van der Waals surface area contributed by atoms with Gasteiger partial charge in [0.2, 0.25) is 0 Å². The van der Waals surface area contributed by atoms with Gasteiger partial charge in [0.25, 0.3) is 10.0 Å². The van der Waals surface area contributed by atoms with Crippen LogP contribution in [-0.2, 0) is 10.0 Å². The topological polar surface area (TPSA) is 90.0 Å². The summed E-state index contributed by atoms with van der Waals surface area (Å²) in [5, 5.41) is 4.14. The van der Waals surface area contributed by atoms with Gasteiger partial charge in [-0.15, -0.1) is 0 Å². The van der Waals surface area contributed by atoms with Crippen molar-refractivity contribution in [2.75, 3.05) is 10.5 Å². The number of nitrogens with one attached hydrogen (secondary N) is 1. The van der Waals surface area contributed by atoms with Crippen LogP contribution in [0.5, 0.6) is 0 Å². The molecule has 1 heterocycles. The van der Waals surface area contributed by atoms with Crippen LogP contribution in [-0.4, -0.2) is 18.2 Å². The van der Waals surface area contributed by atoms with Crippen molar-refractivity contribution < 1.29 is 8.42 Å². The Morgan fingerprint density at radius 3 is 2.65 bits per heavy atom. The summed E-state index contributed by atoms with van der Waals surface area (Å²) in [6.07, 6.45) is 3.04. The van der Waals surface area contributed by atoms with Gasteiger partial charge in [-0.2, -0.15) is 5.10 Å². The molecule has 0 amide bonds. The van der Waals surface area contributed by atoms with Gasteiger partial charge in [-0.05, 0) is 26.0 Å². The highest BCUT2D eigenvalue weighted by molar-refractivity contribution is 7.93. The molecular formula is C12H15ClN4O2S. The Morgan fingerprint density at radius 2 is 2.10 bits per heavy atom. The van der Waals surface area contributed by atoms with E-state index in [-0.39, 0.29) is 21.6 Å². The molecule has 0 atom stereocenters. The van der Waals surface area contributed by atoms with Gasteiger partial charge in [-0.25, -0.2) is 8.42 Å². The molecule has 0 spiro atoms. The second-order valence-corrected chi connectivity index (χ2v) is 6.59. The Balaban J connectivity index is 2.36. The van der Waals surface area contributed by atoms with Crippen LogP contribution in [0.25, 0.3) is 0 Å². The molecule has 0 saturated carbocycles. The second kappa shape index (κ2) is 5.34. The van der Waals surface area contributed by atoms with Crippen LogP contribution in [0.2, 0.25) is 5.02 Å². The first-order valence-electron chi connectivity index (χ1n) is 5.92. The molecule has 0 unspecified atom stereocenters. The Kier molecular flexibility index (Phi) is 3.92. The zero-order valence-electron chi connectivity index (χ0n) is 11.0. The lowest BCUT2D eigenvalue weighted by molar-refractivity contribution is 0.532. The van der Waals surface area contributed by atoms with Crippen molar-refractivity contribution in [1.82, 2.24) is 9.78 Å². The lowest BCUT2D eigenvalue weighted by Gasteiger charge is -2.10. The minimum Gasteiger partial charge on any atom is -0.398 e. The van der Waals surface area contributed by atoms with E-state index in [0.29, 0.717) is 5.69 Å². The third kappa shape index (κ3) is 2.88. The quantitative estimate of drug-likeness (QED) is 0.848. The van der Waals surface area contributed by atoms with Gasteiger partial charge < -0.3 is 5.73 Å². The summed E-state index contributed by atoms with van der Waals surface area (Å²) < 4.78 is 28.7. The van der Waals surface area contributed by atoms with Gasteiger partial charge in [0.1, 0.15) is 4.90 Å². The molecule has 0 aliphatic rings. The summed E-state index contributed by atoms with van der Waals surface area (Å²) in [5.41, 5.74) is 6.15. The molecule has 1 aromatic heterocycles. The zero-order valence-corrected chi connectivity index (χ0v) is 12.6. The van der Waals surface area contributed by atoms with Crippen LogP contribution < -0.4 is 10.5 Å². The number of sulfonamides is 1. The summed E-state index contributed by atoms with van der Waals surface area (Å²) >= 11 is 5.92. The Hall–Kier alpha value is -1.73. The zero-order chi connectivity index (χ0) is 14.9. The van der Waals surface area contributed by atoms with Crippen molar-refractivity contribution in [1.29, 1.82) is 0 Å². The molecule has 3 N–H and O–H groups in total. The Bertz CT molecular complexity index is 705. The number of hydrogen-bond acceptors (Lipinski definition) is 4. The standard InChI is InChI=1S/C12H15ClN4O2S/c1-8(2)17-7-9(6-15-17)16-20(18,19)12-10(13)4-3-5-11(12)14/h3-8,16H,14H2,1-2H3. The summed E-state index contributed by atoms with van der Waals surface area (Å²) in [5.74, 6) is 0. The van der Waals surface area contributed by atoms with Crippen molar-refractivity contribution in [2.24, 2.45) is 0 Å². The summed E-state index contributed by atoms with van der Waals surface area (Å²) in [6, 6.07) is 4.69. The van der Waals surface area contributed by atoms with E-state index in [1.165, 1.54) is 18.3 Å². The molecule has 20 heavy (non-hydrogen) atoms. The fraction of sp³-hybridized carbons (Fsp3) is 0.250. The van der Waals surface area contributed by atoms with Crippen molar-refractivity contribution in [2.45, 2.75) is 24.8 Å². The summed E-state index contributed by atoms with van der Waals surface area (Å²) in [6.45, 7) is 3.88. The first kappa shape index (κ1) is 14.7. The molecular weight excluding hydrogens is 300 g/mol. The molecule has 8 heteroatoms. The fourth-order valence-electron chi connectivity index (χ4n) is 1.69. The molecule has 6 nitrogen and oxygen atoms in total. The number of nitrogens with zero attached hydrogens (tertiary/aromatic N) is 2. The number of nitrogens with two attached hydrogens (primary N) is 1. The lowest BCUT2D eigenvalue weighted by Crippen LogP contribution is -2.15. The van der Waals surface area contributed by atoms with Crippen LogP contribution in [0.3, 0.4) is 0 Å². The third-order valence-corrected chi connectivity index (χ3v) is 4.57. The minimum atomic E-state index is -3.85. The number of rotatable bonds is 4. The molecule has 0 aliphatic heterocycles. The van der Waals surface area contributed by atoms with E-state index in [9.17, 15) is 8.42 Å². The van der Waals surface area contributed by atoms with E-state index in [1.54, 1.807) is 16.9 Å². The highest BCUT2D eigenvalue weighted by atomic mass is 35.5. The summed E-state index contributed by atoms with van der Waals surface area (Å²) in [4.78, 5) is -0.126. The van der Waals surface area contributed by atoms with Crippen LogP contribution in [0.15, 0.2) is 35.5 Å². The first-order valence-corrected chi connectivity index (χ1v) is 7.78. The second-order valence-electron chi connectivity index (χ2n) is 4.57. The van der Waals surface area contributed by atoms with Gasteiger partial charge in [-0.1, -0.05) is 17.7 Å². The number of nitrogen functional groups attached to an aromatic ring is 1. The number of benzene rings is 1. The number of hydrogen-bond donors (Lipinski definition) is 2. The molecule has 108 valence electrons. The van der Waals surface area contributed by atoms with Gasteiger partial charge >= 0.3 is 0 Å². The van der Waals surface area contributed by atoms with Crippen molar-refractivity contribution in [3.05, 3.63) is 35.6 Å². The molecule has 0 aliphatic carbocycles. The molecule has 0 fully saturated rings. The van der Waals surface area contributed by atoms with Crippen molar-refractivity contribution in [3.63, 3.8) is 0 Å². The average molecular weight is 315 g/mol. The molecule has 0 bridgehead atoms. The fourth-order valence-corrected chi connectivity index (χ4v) is 3.40. The van der Waals surface area contributed by atoms with Gasteiger partial charge in [0, 0.05) is 12.2 Å². The highest BCUT2D eigenvalue weighted by Gasteiger charge is 2.21. The maximum absolute atomic E-state index is 12.3. The van der Waals surface area contributed by atoms with E-state index in [0.717, 1.165) is 0 Å². The SMILES string of the molecule is CC(C)n1cc(NS(=O)(=O)c2c(N)cccc2Cl)cn1.